The van der Waals surface area contributed by atoms with E-state index < -0.39 is 0 Å². The molecule has 7 nitrogen and oxygen atoms in total. The van der Waals surface area contributed by atoms with E-state index in [0.29, 0.717) is 17.4 Å². The van der Waals surface area contributed by atoms with Crippen LogP contribution in [0.5, 0.6) is 11.5 Å². The molecular weight excluding hydrogens is 486 g/mol. The lowest BCUT2D eigenvalue weighted by Gasteiger charge is -2.19. The first-order valence-corrected chi connectivity index (χ1v) is 12.7. The minimum Gasteiger partial charge on any atom is -0.497 e. The Morgan fingerprint density at radius 2 is 1.54 bits per heavy atom. The molecule has 190 valence electrons. The smallest absolute Gasteiger partial charge is 0.283 e. The third-order valence-electron chi connectivity index (χ3n) is 5.69. The zero-order chi connectivity index (χ0) is 26.4. The lowest BCUT2D eigenvalue weighted by Crippen LogP contribution is -2.32. The number of thioether (sulfide) groups is 1. The lowest BCUT2D eigenvalue weighted by molar-refractivity contribution is -0.118. The second kappa shape index (κ2) is 11.8. The summed E-state index contributed by atoms with van der Waals surface area (Å²) in [5.41, 5.74) is 4.91. The van der Waals surface area contributed by atoms with Crippen LogP contribution >= 0.6 is 11.8 Å². The summed E-state index contributed by atoms with van der Waals surface area (Å²) in [7, 11) is 3.22. The Labute approximate surface area is 221 Å². The van der Waals surface area contributed by atoms with Crippen molar-refractivity contribution in [2.24, 2.45) is 4.99 Å². The molecule has 0 bridgehead atoms. The summed E-state index contributed by atoms with van der Waals surface area (Å²) in [5.74, 6) is 1.24. The number of hydrogen-bond donors (Lipinski definition) is 1. The van der Waals surface area contributed by atoms with E-state index in [1.54, 1.807) is 25.2 Å². The van der Waals surface area contributed by atoms with E-state index in [9.17, 15) is 9.59 Å². The number of rotatable bonds is 8. The van der Waals surface area contributed by atoms with Gasteiger partial charge in [0.25, 0.3) is 5.91 Å². The number of amides is 2. The highest BCUT2D eigenvalue weighted by atomic mass is 32.2. The Morgan fingerprint density at radius 1 is 0.946 bits per heavy atom. The monoisotopic (exact) mass is 515 g/mol. The first-order valence-electron chi connectivity index (χ1n) is 11.8. The number of nitrogens with zero attached hydrogens (tertiary/aromatic N) is 2. The molecule has 0 spiro atoms. The minimum atomic E-state index is -0.234. The molecule has 3 aromatic carbocycles. The van der Waals surface area contributed by atoms with Crippen LogP contribution in [0.25, 0.3) is 6.08 Å². The molecule has 0 fully saturated rings. The molecule has 0 aliphatic carbocycles. The van der Waals surface area contributed by atoms with Crippen molar-refractivity contribution in [3.05, 3.63) is 94.7 Å². The fraction of sp³-hybridized carbons (Fsp3) is 0.207. The van der Waals surface area contributed by atoms with Crippen LogP contribution in [0, 0.1) is 13.8 Å². The number of amidine groups is 1. The van der Waals surface area contributed by atoms with Crippen LogP contribution in [0.1, 0.15) is 22.3 Å². The summed E-state index contributed by atoms with van der Waals surface area (Å²) in [5, 5.41) is 3.39. The maximum absolute atomic E-state index is 13.5. The summed E-state index contributed by atoms with van der Waals surface area (Å²) in [6.45, 7) is 4.38. The minimum absolute atomic E-state index is 0.124. The highest BCUT2D eigenvalue weighted by molar-refractivity contribution is 8.14. The van der Waals surface area contributed by atoms with Gasteiger partial charge in [-0.3, -0.25) is 14.5 Å². The number of carbonyl (C=O) groups excluding carboxylic acids is 2. The fourth-order valence-electron chi connectivity index (χ4n) is 3.88. The zero-order valence-corrected chi connectivity index (χ0v) is 22.1. The quantitative estimate of drug-likeness (QED) is 0.422. The first kappa shape index (κ1) is 26.0. The molecule has 2 amide bonds. The van der Waals surface area contributed by atoms with Crippen LogP contribution in [0.3, 0.4) is 0 Å². The average molecular weight is 516 g/mol. The molecule has 1 heterocycles. The van der Waals surface area contributed by atoms with Gasteiger partial charge in [-0.2, -0.15) is 0 Å². The van der Waals surface area contributed by atoms with Crippen molar-refractivity contribution in [3.8, 4) is 11.5 Å². The van der Waals surface area contributed by atoms with Crippen LogP contribution in [-0.2, 0) is 16.1 Å². The number of carbonyl (C=O) groups is 2. The third kappa shape index (κ3) is 6.59. The normalized spacial score (nSPS) is 14.1. The molecular formula is C29H29N3O4S. The Balaban J connectivity index is 1.52. The van der Waals surface area contributed by atoms with Crippen molar-refractivity contribution in [3.63, 3.8) is 0 Å². The molecule has 1 N–H and O–H groups in total. The van der Waals surface area contributed by atoms with Crippen LogP contribution in [0.15, 0.2) is 77.4 Å². The Hall–Kier alpha value is -4.04. The summed E-state index contributed by atoms with van der Waals surface area (Å²) in [4.78, 5) is 32.3. The Kier molecular flexibility index (Phi) is 8.30. The lowest BCUT2D eigenvalue weighted by atomic mass is 10.1. The first-order chi connectivity index (χ1) is 17.9. The number of anilines is 1. The highest BCUT2D eigenvalue weighted by Gasteiger charge is 2.32. The number of ether oxygens (including phenoxy) is 2. The van der Waals surface area contributed by atoms with Crippen molar-refractivity contribution in [1.82, 2.24) is 5.32 Å². The van der Waals surface area contributed by atoms with Gasteiger partial charge in [0.05, 0.1) is 25.7 Å². The molecule has 0 unspecified atom stereocenters. The summed E-state index contributed by atoms with van der Waals surface area (Å²) >= 11 is 1.23. The van der Waals surface area contributed by atoms with Crippen molar-refractivity contribution < 1.29 is 19.1 Å². The molecule has 37 heavy (non-hydrogen) atoms. The van der Waals surface area contributed by atoms with Crippen molar-refractivity contribution in [1.29, 1.82) is 0 Å². The zero-order valence-electron chi connectivity index (χ0n) is 21.3. The van der Waals surface area contributed by atoms with Gasteiger partial charge in [0.1, 0.15) is 17.2 Å². The predicted molar refractivity (Wildman–Crippen MR) is 149 cm³/mol. The average Bonchev–Trinajstić information content (AvgIpc) is 3.21. The van der Waals surface area contributed by atoms with Crippen LogP contribution in [0.4, 0.5) is 5.69 Å². The van der Waals surface area contributed by atoms with Gasteiger partial charge in [-0.1, -0.05) is 42.1 Å². The second-order valence-corrected chi connectivity index (χ2v) is 9.54. The van der Waals surface area contributed by atoms with Gasteiger partial charge in [-0.05, 0) is 78.6 Å². The molecule has 0 saturated carbocycles. The molecule has 3 aromatic rings. The van der Waals surface area contributed by atoms with Gasteiger partial charge >= 0.3 is 0 Å². The summed E-state index contributed by atoms with van der Waals surface area (Å²) < 4.78 is 10.4. The molecule has 1 aliphatic rings. The largest absolute Gasteiger partial charge is 0.497 e. The third-order valence-corrected chi connectivity index (χ3v) is 6.63. The van der Waals surface area contributed by atoms with Crippen LogP contribution in [-0.4, -0.2) is 37.0 Å². The van der Waals surface area contributed by atoms with Crippen LogP contribution in [0.2, 0.25) is 0 Å². The maximum Gasteiger partial charge on any atom is 0.283 e. The molecule has 0 atom stereocenters. The molecule has 8 heteroatoms. The number of aryl methyl sites for hydroxylation is 2. The van der Waals surface area contributed by atoms with Crippen molar-refractivity contribution in [2.45, 2.75) is 20.4 Å². The van der Waals surface area contributed by atoms with E-state index in [2.05, 4.69) is 16.4 Å². The van der Waals surface area contributed by atoms with E-state index >= 15 is 0 Å². The maximum atomic E-state index is 13.5. The molecule has 0 radical (unpaired) electrons. The van der Waals surface area contributed by atoms with Gasteiger partial charge < -0.3 is 14.8 Å². The SMILES string of the molecule is COc1ccc(/C=C2/N=C(SCC(=O)NCc3ccc(OC)cc3)N(c3cc(C)cc(C)c3)C2=O)cc1. The topological polar surface area (TPSA) is 80.2 Å². The number of nitrogens with one attached hydrogen (secondary N) is 1. The van der Waals surface area contributed by atoms with Gasteiger partial charge in [0, 0.05) is 6.54 Å². The second-order valence-electron chi connectivity index (χ2n) is 8.60. The van der Waals surface area contributed by atoms with Gasteiger partial charge in [0.2, 0.25) is 5.91 Å². The van der Waals surface area contributed by atoms with E-state index in [1.165, 1.54) is 11.8 Å². The molecule has 0 saturated heterocycles. The fourth-order valence-corrected chi connectivity index (χ4v) is 4.73. The molecule has 4 rings (SSSR count). The number of hydrogen-bond acceptors (Lipinski definition) is 6. The Bertz CT molecular complexity index is 1330. The summed E-state index contributed by atoms with van der Waals surface area (Å²) in [6.07, 6.45) is 1.74. The number of methoxy groups -OCH3 is 2. The summed E-state index contributed by atoms with van der Waals surface area (Å²) in [6, 6.07) is 20.9. The molecule has 1 aliphatic heterocycles. The van der Waals surface area contributed by atoms with Crippen LogP contribution < -0.4 is 19.7 Å². The number of benzene rings is 3. The van der Waals surface area contributed by atoms with E-state index in [1.807, 2.05) is 74.5 Å². The predicted octanol–water partition coefficient (Wildman–Crippen LogP) is 5.11. The number of aliphatic imine (C=N–C) groups is 1. The van der Waals surface area contributed by atoms with Gasteiger partial charge in [0.15, 0.2) is 5.17 Å². The van der Waals surface area contributed by atoms with Gasteiger partial charge in [-0.15, -0.1) is 0 Å². The van der Waals surface area contributed by atoms with Gasteiger partial charge in [-0.25, -0.2) is 4.99 Å². The van der Waals surface area contributed by atoms with Crippen molar-refractivity contribution >= 4 is 40.5 Å². The van der Waals surface area contributed by atoms with E-state index in [-0.39, 0.29) is 17.6 Å². The van der Waals surface area contributed by atoms with E-state index in [0.717, 1.165) is 39.4 Å². The molecule has 0 aromatic heterocycles. The van der Waals surface area contributed by atoms with E-state index in [4.69, 9.17) is 9.47 Å². The Morgan fingerprint density at radius 3 is 2.14 bits per heavy atom. The highest BCUT2D eigenvalue weighted by Crippen LogP contribution is 2.31. The standard InChI is InChI=1S/C29H29N3O4S/c1-19-13-20(2)15-23(14-19)32-28(34)26(16-21-5-9-24(35-3)10-6-21)31-29(32)37-18-27(33)30-17-22-7-11-25(36-4)12-8-22/h5-16H,17-18H2,1-4H3,(H,30,33)/b26-16+. The van der Waals surface area contributed by atoms with Crippen molar-refractivity contribution in [2.75, 3.05) is 24.9 Å².